The number of halogens is 1. The van der Waals surface area contributed by atoms with E-state index in [4.69, 9.17) is 9.72 Å². The van der Waals surface area contributed by atoms with E-state index in [1.54, 1.807) is 18.6 Å². The normalized spacial score (nSPS) is 14.1. The molecule has 0 aliphatic carbocycles. The smallest absolute Gasteiger partial charge is 0.138 e. The number of rotatable bonds is 7. The molecule has 0 atom stereocenters. The minimum atomic E-state index is -0.339. The summed E-state index contributed by atoms with van der Waals surface area (Å²) in [5.74, 6) is 0.183. The number of nitrogens with zero attached hydrogens (tertiary/aromatic N) is 5. The second kappa shape index (κ2) is 9.38. The van der Waals surface area contributed by atoms with Gasteiger partial charge in [0.1, 0.15) is 35.0 Å². The molecule has 1 aliphatic heterocycles. The van der Waals surface area contributed by atoms with Crippen molar-refractivity contribution in [3.05, 3.63) is 66.9 Å². The number of aromatic amines is 3. The predicted octanol–water partition coefficient (Wildman–Crippen LogP) is 5.17. The van der Waals surface area contributed by atoms with E-state index in [2.05, 4.69) is 35.3 Å². The van der Waals surface area contributed by atoms with Gasteiger partial charge in [-0.05, 0) is 73.5 Å². The summed E-state index contributed by atoms with van der Waals surface area (Å²) < 4.78 is 20.6. The lowest BCUT2D eigenvalue weighted by atomic mass is 10.0. The van der Waals surface area contributed by atoms with Gasteiger partial charge in [-0.1, -0.05) is 0 Å². The van der Waals surface area contributed by atoms with Crippen LogP contribution in [0.1, 0.15) is 12.8 Å². The highest BCUT2D eigenvalue weighted by Crippen LogP contribution is 2.35. The zero-order chi connectivity index (χ0) is 25.5. The number of benzene rings is 1. The summed E-state index contributed by atoms with van der Waals surface area (Å²) in [5, 5.41) is 15.3. The molecule has 10 heteroatoms. The maximum absolute atomic E-state index is 14.7. The van der Waals surface area contributed by atoms with Crippen molar-refractivity contribution in [1.29, 1.82) is 0 Å². The highest BCUT2D eigenvalue weighted by atomic mass is 19.1. The number of likely N-dealkylation sites (tertiary alicyclic amines) is 1. The number of ether oxygens (including phenoxy) is 1. The van der Waals surface area contributed by atoms with Gasteiger partial charge in [-0.15, -0.1) is 0 Å². The maximum Gasteiger partial charge on any atom is 0.138 e. The van der Waals surface area contributed by atoms with Crippen LogP contribution in [0.25, 0.3) is 55.8 Å². The molecule has 6 heterocycles. The van der Waals surface area contributed by atoms with Crippen LogP contribution in [0.15, 0.2) is 61.1 Å². The molecule has 1 fully saturated rings. The average Bonchev–Trinajstić information content (AvgIpc) is 3.73. The van der Waals surface area contributed by atoms with Gasteiger partial charge in [-0.3, -0.25) is 15.1 Å². The molecule has 0 unspecified atom stereocenters. The molecular formula is C28H25FN8O. The average molecular weight is 509 g/mol. The summed E-state index contributed by atoms with van der Waals surface area (Å²) in [6, 6.07) is 12.6. The van der Waals surface area contributed by atoms with E-state index >= 15 is 0 Å². The Labute approximate surface area is 217 Å². The molecule has 38 heavy (non-hydrogen) atoms. The molecule has 1 saturated heterocycles. The van der Waals surface area contributed by atoms with Gasteiger partial charge in [0.05, 0.1) is 23.1 Å². The Balaban J connectivity index is 1.23. The highest BCUT2D eigenvalue weighted by molar-refractivity contribution is 5.99. The second-order valence-corrected chi connectivity index (χ2v) is 9.53. The Morgan fingerprint density at radius 1 is 1.03 bits per heavy atom. The Hall–Kier alpha value is -4.57. The van der Waals surface area contributed by atoms with Crippen LogP contribution in [0.3, 0.4) is 0 Å². The molecule has 0 amide bonds. The first-order valence-electron chi connectivity index (χ1n) is 12.7. The van der Waals surface area contributed by atoms with Crippen LogP contribution in [-0.2, 0) is 0 Å². The van der Waals surface area contributed by atoms with E-state index in [1.165, 1.54) is 25.0 Å². The van der Waals surface area contributed by atoms with E-state index in [9.17, 15) is 4.39 Å². The predicted molar refractivity (Wildman–Crippen MR) is 143 cm³/mol. The molecular weight excluding hydrogens is 483 g/mol. The van der Waals surface area contributed by atoms with Crippen molar-refractivity contribution in [2.45, 2.75) is 12.8 Å². The second-order valence-electron chi connectivity index (χ2n) is 9.53. The van der Waals surface area contributed by atoms with Crippen molar-refractivity contribution < 1.29 is 9.13 Å². The van der Waals surface area contributed by atoms with Gasteiger partial charge in [0, 0.05) is 36.0 Å². The molecule has 1 aromatic carbocycles. The molecule has 1 aliphatic rings. The molecule has 5 aromatic heterocycles. The number of fused-ring (bicyclic) bond motifs is 2. The molecule has 3 N–H and O–H groups in total. The van der Waals surface area contributed by atoms with E-state index in [1.807, 2.05) is 30.3 Å². The lowest BCUT2D eigenvalue weighted by Gasteiger charge is -2.15. The quantitative estimate of drug-likeness (QED) is 0.274. The van der Waals surface area contributed by atoms with Crippen LogP contribution >= 0.6 is 0 Å². The minimum Gasteiger partial charge on any atom is -0.492 e. The van der Waals surface area contributed by atoms with Crippen LogP contribution in [0.2, 0.25) is 0 Å². The third kappa shape index (κ3) is 4.18. The van der Waals surface area contributed by atoms with Crippen LogP contribution in [-0.4, -0.2) is 66.5 Å². The third-order valence-electron chi connectivity index (χ3n) is 7.05. The largest absolute Gasteiger partial charge is 0.492 e. The van der Waals surface area contributed by atoms with Gasteiger partial charge < -0.3 is 9.72 Å². The Kier molecular flexibility index (Phi) is 5.58. The van der Waals surface area contributed by atoms with Crippen LogP contribution < -0.4 is 4.74 Å². The summed E-state index contributed by atoms with van der Waals surface area (Å²) in [6.07, 6.45) is 7.72. The monoisotopic (exact) mass is 508 g/mol. The summed E-state index contributed by atoms with van der Waals surface area (Å²) in [6.45, 7) is 3.59. The number of nitrogens with one attached hydrogen (secondary N) is 3. The molecule has 6 aromatic rings. The first-order chi connectivity index (χ1) is 18.7. The Bertz CT molecular complexity index is 1730. The molecule has 9 nitrogen and oxygen atoms in total. The number of H-pyrrole nitrogens is 3. The van der Waals surface area contributed by atoms with Crippen molar-refractivity contribution in [1.82, 2.24) is 40.2 Å². The van der Waals surface area contributed by atoms with Gasteiger partial charge in [-0.25, -0.2) is 14.4 Å². The van der Waals surface area contributed by atoms with Gasteiger partial charge in [0.15, 0.2) is 0 Å². The van der Waals surface area contributed by atoms with E-state index in [0.29, 0.717) is 23.7 Å². The molecule has 0 bridgehead atoms. The number of hydrogen-bond acceptors (Lipinski definition) is 6. The molecule has 0 saturated carbocycles. The van der Waals surface area contributed by atoms with Crippen molar-refractivity contribution in [2.75, 3.05) is 26.2 Å². The van der Waals surface area contributed by atoms with Crippen LogP contribution in [0.5, 0.6) is 5.75 Å². The fourth-order valence-electron chi connectivity index (χ4n) is 5.15. The van der Waals surface area contributed by atoms with E-state index in [0.717, 1.165) is 64.1 Å². The number of pyridine rings is 2. The van der Waals surface area contributed by atoms with Gasteiger partial charge >= 0.3 is 0 Å². The maximum atomic E-state index is 14.7. The zero-order valence-electron chi connectivity index (χ0n) is 20.5. The zero-order valence-corrected chi connectivity index (χ0v) is 20.5. The van der Waals surface area contributed by atoms with Crippen molar-refractivity contribution in [3.8, 4) is 39.5 Å². The Morgan fingerprint density at radius 2 is 1.95 bits per heavy atom. The van der Waals surface area contributed by atoms with Crippen molar-refractivity contribution in [3.63, 3.8) is 0 Å². The fourth-order valence-corrected chi connectivity index (χ4v) is 5.15. The minimum absolute atomic E-state index is 0.339. The third-order valence-corrected chi connectivity index (χ3v) is 7.05. The summed E-state index contributed by atoms with van der Waals surface area (Å²) in [7, 11) is 0. The summed E-state index contributed by atoms with van der Waals surface area (Å²) >= 11 is 0. The summed E-state index contributed by atoms with van der Waals surface area (Å²) in [4.78, 5) is 15.1. The lowest BCUT2D eigenvalue weighted by Crippen LogP contribution is -2.25. The van der Waals surface area contributed by atoms with Crippen molar-refractivity contribution >= 4 is 22.1 Å². The number of aromatic nitrogens is 7. The highest BCUT2D eigenvalue weighted by Gasteiger charge is 2.17. The standard InChI is InChI=1S/C28H25FN8O/c29-19-11-17(12-20(13-19)38-10-9-37-7-1-2-8-37)21-5-6-30-28-22(21)14-25(34-28)27-26-24(35-36-27)4-3-23(33-26)18-15-31-32-16-18/h3-6,11-16H,1-2,7-10H2,(H,30,34)(H,31,32)(H,35,36). The first-order valence-corrected chi connectivity index (χ1v) is 12.7. The molecule has 190 valence electrons. The summed E-state index contributed by atoms with van der Waals surface area (Å²) in [5.41, 5.74) is 6.95. The van der Waals surface area contributed by atoms with Crippen LogP contribution in [0, 0.1) is 5.82 Å². The van der Waals surface area contributed by atoms with Crippen molar-refractivity contribution in [2.24, 2.45) is 0 Å². The van der Waals surface area contributed by atoms with Gasteiger partial charge in [0.2, 0.25) is 0 Å². The van der Waals surface area contributed by atoms with E-state index < -0.39 is 0 Å². The molecule has 0 spiro atoms. The van der Waals surface area contributed by atoms with Gasteiger partial charge in [0.25, 0.3) is 0 Å². The molecule has 0 radical (unpaired) electrons. The van der Waals surface area contributed by atoms with Crippen LogP contribution in [0.4, 0.5) is 4.39 Å². The lowest BCUT2D eigenvalue weighted by molar-refractivity contribution is 0.237. The van der Waals surface area contributed by atoms with E-state index in [-0.39, 0.29) is 5.82 Å². The molecule has 7 rings (SSSR count). The topological polar surface area (TPSA) is 111 Å². The SMILES string of the molecule is Fc1cc(OCCN2CCCC2)cc(-c2ccnc3[nH]c(-c4n[nH]c5ccc(-c6cn[nH]c6)nc45)cc23)c1. The van der Waals surface area contributed by atoms with Gasteiger partial charge in [-0.2, -0.15) is 10.2 Å². The first kappa shape index (κ1) is 22.6. The Morgan fingerprint density at radius 3 is 2.82 bits per heavy atom. The number of hydrogen-bond donors (Lipinski definition) is 3. The fraction of sp³-hybridized carbons (Fsp3) is 0.214.